The highest BCUT2D eigenvalue weighted by molar-refractivity contribution is 6.34. The van der Waals surface area contributed by atoms with E-state index in [4.69, 9.17) is 23.1 Å². The zero-order chi connectivity index (χ0) is 13.7. The molecule has 0 atom stereocenters. The van der Waals surface area contributed by atoms with Gasteiger partial charge in [0, 0.05) is 7.05 Å². The number of carbonyl (C=O) groups is 1. The molecule has 0 saturated carbocycles. The average Bonchev–Trinajstić information content (AvgIpc) is 2.28. The number of para-hydroxylation sites is 1. The molecule has 5 nitrogen and oxygen atoms in total. The SMILES string of the molecule is CCCc1cccc(Cl)c1N(C)C(=O)N=C(N)N. The zero-order valence-corrected chi connectivity index (χ0v) is 11.2. The quantitative estimate of drug-likeness (QED) is 0.650. The monoisotopic (exact) mass is 268 g/mol. The van der Waals surface area contributed by atoms with Crippen LogP contribution >= 0.6 is 11.6 Å². The van der Waals surface area contributed by atoms with Gasteiger partial charge in [0.05, 0.1) is 10.7 Å². The molecule has 0 heterocycles. The number of halogens is 1. The van der Waals surface area contributed by atoms with E-state index in [1.807, 2.05) is 12.1 Å². The number of urea groups is 1. The molecule has 1 aromatic carbocycles. The average molecular weight is 269 g/mol. The summed E-state index contributed by atoms with van der Waals surface area (Å²) in [6, 6.07) is 4.98. The summed E-state index contributed by atoms with van der Waals surface area (Å²) in [6.07, 6.45) is 1.78. The van der Waals surface area contributed by atoms with E-state index >= 15 is 0 Å². The lowest BCUT2D eigenvalue weighted by Crippen LogP contribution is -2.30. The molecule has 0 aliphatic carbocycles. The Morgan fingerprint density at radius 2 is 2.11 bits per heavy atom. The van der Waals surface area contributed by atoms with Crippen molar-refractivity contribution in [2.24, 2.45) is 16.5 Å². The lowest BCUT2D eigenvalue weighted by molar-refractivity contribution is 0.255. The number of nitrogens with two attached hydrogens (primary N) is 2. The van der Waals surface area contributed by atoms with Crippen molar-refractivity contribution in [3.63, 3.8) is 0 Å². The second-order valence-electron chi connectivity index (χ2n) is 3.88. The maximum atomic E-state index is 11.8. The smallest absolute Gasteiger partial charge is 0.351 e. The maximum Gasteiger partial charge on any atom is 0.351 e. The van der Waals surface area contributed by atoms with Crippen LogP contribution in [0.2, 0.25) is 5.02 Å². The summed E-state index contributed by atoms with van der Waals surface area (Å²) in [5.74, 6) is -0.268. The Labute approximate surface area is 111 Å². The van der Waals surface area contributed by atoms with Crippen molar-refractivity contribution in [2.75, 3.05) is 11.9 Å². The van der Waals surface area contributed by atoms with Crippen LogP contribution < -0.4 is 16.4 Å². The molecule has 98 valence electrons. The first kappa shape index (κ1) is 14.3. The Morgan fingerprint density at radius 3 is 2.67 bits per heavy atom. The van der Waals surface area contributed by atoms with Crippen molar-refractivity contribution >= 4 is 29.3 Å². The molecule has 18 heavy (non-hydrogen) atoms. The second-order valence-corrected chi connectivity index (χ2v) is 4.28. The summed E-state index contributed by atoms with van der Waals surface area (Å²) in [5.41, 5.74) is 12.0. The molecule has 0 fully saturated rings. The molecule has 1 rings (SSSR count). The van der Waals surface area contributed by atoms with E-state index in [0.717, 1.165) is 18.4 Å². The number of carbonyl (C=O) groups excluding carboxylic acids is 1. The van der Waals surface area contributed by atoms with E-state index in [1.54, 1.807) is 13.1 Å². The predicted molar refractivity (Wildman–Crippen MR) is 75.1 cm³/mol. The predicted octanol–water partition coefficient (Wildman–Crippen LogP) is 2.12. The van der Waals surface area contributed by atoms with Crippen LogP contribution in [0.25, 0.3) is 0 Å². The Kier molecular flexibility index (Phi) is 4.97. The molecular weight excluding hydrogens is 252 g/mol. The van der Waals surface area contributed by atoms with Gasteiger partial charge in [-0.15, -0.1) is 0 Å². The van der Waals surface area contributed by atoms with Crippen LogP contribution in [0.15, 0.2) is 23.2 Å². The molecule has 2 amide bonds. The lowest BCUT2D eigenvalue weighted by atomic mass is 10.1. The molecule has 6 heteroatoms. The van der Waals surface area contributed by atoms with Crippen LogP contribution in [-0.2, 0) is 6.42 Å². The Balaban J connectivity index is 3.15. The minimum absolute atomic E-state index is 0.268. The number of rotatable bonds is 3. The van der Waals surface area contributed by atoms with E-state index < -0.39 is 6.03 Å². The highest BCUT2D eigenvalue weighted by atomic mass is 35.5. The number of hydrogen-bond donors (Lipinski definition) is 2. The van der Waals surface area contributed by atoms with Gasteiger partial charge in [-0.2, -0.15) is 4.99 Å². The summed E-state index contributed by atoms with van der Waals surface area (Å²) in [5, 5.41) is 0.502. The Bertz CT molecular complexity index is 469. The van der Waals surface area contributed by atoms with Crippen LogP contribution in [0.5, 0.6) is 0 Å². The fraction of sp³-hybridized carbons (Fsp3) is 0.333. The number of anilines is 1. The van der Waals surface area contributed by atoms with E-state index in [9.17, 15) is 4.79 Å². The largest absolute Gasteiger partial charge is 0.370 e. The number of amides is 2. The molecule has 0 aliphatic heterocycles. The van der Waals surface area contributed by atoms with Crippen LogP contribution in [-0.4, -0.2) is 19.0 Å². The van der Waals surface area contributed by atoms with E-state index in [2.05, 4.69) is 11.9 Å². The van der Waals surface area contributed by atoms with Crippen molar-refractivity contribution in [1.82, 2.24) is 0 Å². The normalized spacial score (nSPS) is 9.94. The van der Waals surface area contributed by atoms with Gasteiger partial charge in [-0.05, 0) is 18.1 Å². The first-order valence-corrected chi connectivity index (χ1v) is 5.99. The summed E-state index contributed by atoms with van der Waals surface area (Å²) >= 11 is 6.14. The molecule has 0 spiro atoms. The van der Waals surface area contributed by atoms with E-state index in [1.165, 1.54) is 4.90 Å². The summed E-state index contributed by atoms with van der Waals surface area (Å²) in [6.45, 7) is 2.06. The van der Waals surface area contributed by atoms with Gasteiger partial charge < -0.3 is 11.5 Å². The summed E-state index contributed by atoms with van der Waals surface area (Å²) in [7, 11) is 1.59. The van der Waals surface area contributed by atoms with E-state index in [-0.39, 0.29) is 5.96 Å². The fourth-order valence-electron chi connectivity index (χ4n) is 1.69. The number of guanidine groups is 1. The molecule has 0 saturated heterocycles. The summed E-state index contributed by atoms with van der Waals surface area (Å²) < 4.78 is 0. The number of hydrogen-bond acceptors (Lipinski definition) is 1. The van der Waals surface area contributed by atoms with Gasteiger partial charge in [0.15, 0.2) is 5.96 Å². The van der Waals surface area contributed by atoms with Crippen molar-refractivity contribution in [3.05, 3.63) is 28.8 Å². The van der Waals surface area contributed by atoms with Crippen molar-refractivity contribution in [2.45, 2.75) is 19.8 Å². The molecular formula is C12H17ClN4O. The third-order valence-corrected chi connectivity index (χ3v) is 2.74. The molecule has 1 aromatic rings. The summed E-state index contributed by atoms with van der Waals surface area (Å²) in [4.78, 5) is 16.6. The minimum atomic E-state index is -0.541. The van der Waals surface area contributed by atoms with Crippen LogP contribution in [0.3, 0.4) is 0 Å². The Hall–Kier alpha value is -1.75. The van der Waals surface area contributed by atoms with E-state index in [0.29, 0.717) is 10.7 Å². The highest BCUT2D eigenvalue weighted by Gasteiger charge is 2.16. The zero-order valence-electron chi connectivity index (χ0n) is 10.5. The first-order valence-electron chi connectivity index (χ1n) is 5.62. The Morgan fingerprint density at radius 1 is 1.44 bits per heavy atom. The van der Waals surface area contributed by atoms with Gasteiger partial charge in [-0.3, -0.25) is 4.90 Å². The number of benzene rings is 1. The molecule has 0 unspecified atom stereocenters. The minimum Gasteiger partial charge on any atom is -0.370 e. The molecule has 0 radical (unpaired) electrons. The van der Waals surface area contributed by atoms with Crippen molar-refractivity contribution < 1.29 is 4.79 Å². The highest BCUT2D eigenvalue weighted by Crippen LogP contribution is 2.30. The number of aryl methyl sites for hydroxylation is 1. The van der Waals surface area contributed by atoms with Gasteiger partial charge in [0.25, 0.3) is 0 Å². The van der Waals surface area contributed by atoms with Crippen molar-refractivity contribution in [3.8, 4) is 0 Å². The molecule has 0 aliphatic rings. The first-order chi connectivity index (χ1) is 8.47. The van der Waals surface area contributed by atoms with Gasteiger partial charge >= 0.3 is 6.03 Å². The third kappa shape index (κ3) is 3.37. The van der Waals surface area contributed by atoms with Gasteiger partial charge in [0.1, 0.15) is 0 Å². The molecule has 0 aromatic heterocycles. The second kappa shape index (κ2) is 6.26. The number of aliphatic imine (C=N–C) groups is 1. The maximum absolute atomic E-state index is 11.8. The van der Waals surface area contributed by atoms with Crippen LogP contribution in [0, 0.1) is 0 Å². The van der Waals surface area contributed by atoms with Crippen LogP contribution in [0.4, 0.5) is 10.5 Å². The topological polar surface area (TPSA) is 84.7 Å². The van der Waals surface area contributed by atoms with Gasteiger partial charge in [-0.1, -0.05) is 37.1 Å². The standard InChI is InChI=1S/C12H17ClN4O/c1-3-5-8-6-4-7-9(13)10(8)17(2)12(18)16-11(14)15/h4,6-7H,3,5H2,1-2H3,(H4,14,15,16,18). The number of nitrogens with zero attached hydrogens (tertiary/aromatic N) is 2. The van der Waals surface area contributed by atoms with Crippen LogP contribution in [0.1, 0.15) is 18.9 Å². The lowest BCUT2D eigenvalue weighted by Gasteiger charge is -2.20. The molecule has 4 N–H and O–H groups in total. The fourth-order valence-corrected chi connectivity index (χ4v) is 2.01. The van der Waals surface area contributed by atoms with Gasteiger partial charge in [-0.25, -0.2) is 4.79 Å². The molecule has 0 bridgehead atoms. The van der Waals surface area contributed by atoms with Gasteiger partial charge in [0.2, 0.25) is 0 Å². The van der Waals surface area contributed by atoms with Crippen molar-refractivity contribution in [1.29, 1.82) is 0 Å². The third-order valence-electron chi connectivity index (χ3n) is 2.44.